The monoisotopic (exact) mass is 371 g/mol. The van der Waals surface area contributed by atoms with Crippen molar-refractivity contribution in [3.05, 3.63) is 28.7 Å². The summed E-state index contributed by atoms with van der Waals surface area (Å²) in [6.07, 6.45) is 2.51. The van der Waals surface area contributed by atoms with Gasteiger partial charge in [-0.25, -0.2) is 0 Å². The van der Waals surface area contributed by atoms with Gasteiger partial charge in [0.2, 0.25) is 5.13 Å². The van der Waals surface area contributed by atoms with Crippen LogP contribution in [-0.2, 0) is 0 Å². The highest BCUT2D eigenvalue weighted by atomic mass is 79.9. The van der Waals surface area contributed by atoms with E-state index in [0.29, 0.717) is 12.6 Å². The first-order chi connectivity index (χ1) is 9.79. The molecule has 3 rings (SSSR count). The third-order valence-electron chi connectivity index (χ3n) is 2.69. The summed E-state index contributed by atoms with van der Waals surface area (Å²) >= 11 is 6.72. The second-order valence-corrected chi connectivity index (χ2v) is 7.68. The van der Waals surface area contributed by atoms with Crippen LogP contribution in [0.5, 0.6) is 5.75 Å². The molecule has 0 bridgehead atoms. The molecular weight excluding hydrogens is 358 g/mol. The molecule has 1 aliphatic rings. The van der Waals surface area contributed by atoms with Gasteiger partial charge in [0.1, 0.15) is 5.75 Å². The van der Waals surface area contributed by atoms with Crippen molar-refractivity contribution in [2.45, 2.75) is 23.2 Å². The number of aromatic nitrogens is 2. The zero-order valence-electron chi connectivity index (χ0n) is 10.7. The summed E-state index contributed by atoms with van der Waals surface area (Å²) < 4.78 is 7.70. The van der Waals surface area contributed by atoms with Gasteiger partial charge in [0.05, 0.1) is 6.61 Å². The van der Waals surface area contributed by atoms with Crippen LogP contribution in [0.25, 0.3) is 0 Å². The quantitative estimate of drug-likeness (QED) is 0.587. The Balaban J connectivity index is 1.39. The summed E-state index contributed by atoms with van der Waals surface area (Å²) in [5.41, 5.74) is 0. The smallest absolute Gasteiger partial charge is 0.206 e. The van der Waals surface area contributed by atoms with Gasteiger partial charge in [-0.15, -0.1) is 10.2 Å². The first kappa shape index (κ1) is 14.2. The van der Waals surface area contributed by atoms with E-state index in [-0.39, 0.29) is 0 Å². The van der Waals surface area contributed by atoms with E-state index in [1.807, 2.05) is 24.3 Å². The van der Waals surface area contributed by atoms with E-state index in [9.17, 15) is 0 Å². The molecule has 0 aliphatic heterocycles. The van der Waals surface area contributed by atoms with Crippen LogP contribution in [0.1, 0.15) is 12.8 Å². The normalized spacial score (nSPS) is 14.2. The number of rotatable bonds is 7. The largest absolute Gasteiger partial charge is 0.493 e. The Kier molecular flexibility index (Phi) is 4.80. The highest BCUT2D eigenvalue weighted by Gasteiger charge is 2.22. The molecule has 1 aromatic carbocycles. The summed E-state index contributed by atoms with van der Waals surface area (Å²) in [6.45, 7) is 0.659. The topological polar surface area (TPSA) is 47.0 Å². The predicted octanol–water partition coefficient (Wildman–Crippen LogP) is 4.05. The van der Waals surface area contributed by atoms with Crippen molar-refractivity contribution in [3.8, 4) is 5.75 Å². The van der Waals surface area contributed by atoms with E-state index in [1.165, 1.54) is 12.8 Å². The Morgan fingerprint density at radius 1 is 1.40 bits per heavy atom. The predicted molar refractivity (Wildman–Crippen MR) is 86.9 cm³/mol. The van der Waals surface area contributed by atoms with Crippen LogP contribution in [0.15, 0.2) is 33.1 Å². The minimum atomic E-state index is 0.626. The number of halogens is 1. The maximum Gasteiger partial charge on any atom is 0.206 e. The van der Waals surface area contributed by atoms with Crippen LogP contribution in [0, 0.1) is 0 Å². The van der Waals surface area contributed by atoms with Gasteiger partial charge in [-0.1, -0.05) is 45.1 Å². The molecule has 0 saturated heterocycles. The fraction of sp³-hybridized carbons (Fsp3) is 0.385. The van der Waals surface area contributed by atoms with Gasteiger partial charge in [0, 0.05) is 16.3 Å². The van der Waals surface area contributed by atoms with E-state index >= 15 is 0 Å². The molecule has 1 fully saturated rings. The average Bonchev–Trinajstić information content (AvgIpc) is 3.13. The van der Waals surface area contributed by atoms with E-state index in [2.05, 4.69) is 31.4 Å². The Morgan fingerprint density at radius 3 is 3.10 bits per heavy atom. The summed E-state index contributed by atoms with van der Waals surface area (Å²) in [5, 5.41) is 12.6. The molecule has 0 unspecified atom stereocenters. The average molecular weight is 372 g/mol. The number of thioether (sulfide) groups is 1. The summed E-state index contributed by atoms with van der Waals surface area (Å²) in [6, 6.07) is 8.50. The van der Waals surface area contributed by atoms with Crippen LogP contribution in [0.2, 0.25) is 0 Å². The Labute approximate surface area is 134 Å². The van der Waals surface area contributed by atoms with Crippen molar-refractivity contribution in [1.29, 1.82) is 0 Å². The van der Waals surface area contributed by atoms with Gasteiger partial charge in [0.15, 0.2) is 4.34 Å². The van der Waals surface area contributed by atoms with Crippen molar-refractivity contribution >= 4 is 44.2 Å². The number of benzene rings is 1. The van der Waals surface area contributed by atoms with Gasteiger partial charge in [-0.3, -0.25) is 0 Å². The fourth-order valence-corrected chi connectivity index (χ4v) is 3.67. The van der Waals surface area contributed by atoms with Crippen LogP contribution in [0.3, 0.4) is 0 Å². The van der Waals surface area contributed by atoms with Crippen LogP contribution >= 0.6 is 39.0 Å². The SMILES string of the molecule is Brc1cccc(OCCSc2nnc(NC3CC3)s2)c1. The highest BCUT2D eigenvalue weighted by molar-refractivity contribution is 9.10. The summed E-state index contributed by atoms with van der Waals surface area (Å²) in [7, 11) is 0. The second kappa shape index (κ2) is 6.78. The van der Waals surface area contributed by atoms with Crippen LogP contribution in [0.4, 0.5) is 5.13 Å². The maximum absolute atomic E-state index is 5.68. The van der Waals surface area contributed by atoms with Gasteiger partial charge in [-0.2, -0.15) is 0 Å². The molecule has 1 aromatic heterocycles. The Bertz CT molecular complexity index is 574. The van der Waals surface area contributed by atoms with Gasteiger partial charge in [-0.05, 0) is 31.0 Å². The van der Waals surface area contributed by atoms with Gasteiger partial charge < -0.3 is 10.1 Å². The molecule has 0 amide bonds. The van der Waals surface area contributed by atoms with Crippen molar-refractivity contribution in [2.75, 3.05) is 17.7 Å². The Hall–Kier alpha value is -0.790. The molecule has 0 spiro atoms. The lowest BCUT2D eigenvalue weighted by Gasteiger charge is -2.04. The lowest BCUT2D eigenvalue weighted by molar-refractivity contribution is 0.344. The molecule has 7 heteroatoms. The third kappa shape index (κ3) is 4.36. The number of nitrogens with one attached hydrogen (secondary N) is 1. The zero-order valence-corrected chi connectivity index (χ0v) is 13.9. The molecule has 1 aliphatic carbocycles. The maximum atomic E-state index is 5.68. The molecule has 106 valence electrons. The number of anilines is 1. The molecule has 1 heterocycles. The van der Waals surface area contributed by atoms with Gasteiger partial charge >= 0.3 is 0 Å². The highest BCUT2D eigenvalue weighted by Crippen LogP contribution is 2.30. The third-order valence-corrected chi connectivity index (χ3v) is 5.13. The van der Waals surface area contributed by atoms with Crippen molar-refractivity contribution in [3.63, 3.8) is 0 Å². The second-order valence-electron chi connectivity index (χ2n) is 4.45. The van der Waals surface area contributed by atoms with E-state index < -0.39 is 0 Å². The first-order valence-corrected chi connectivity index (χ1v) is 9.00. The molecule has 1 N–H and O–H groups in total. The molecule has 2 aromatic rings. The van der Waals surface area contributed by atoms with Crippen molar-refractivity contribution in [1.82, 2.24) is 10.2 Å². The minimum absolute atomic E-state index is 0.626. The van der Waals surface area contributed by atoms with Crippen LogP contribution < -0.4 is 10.1 Å². The van der Waals surface area contributed by atoms with Crippen LogP contribution in [-0.4, -0.2) is 28.6 Å². The number of hydrogen-bond donors (Lipinski definition) is 1. The molecule has 0 atom stereocenters. The molecular formula is C13H14BrN3OS2. The van der Waals surface area contributed by atoms with E-state index in [4.69, 9.17) is 4.74 Å². The fourth-order valence-electron chi connectivity index (χ4n) is 1.57. The number of nitrogens with zero attached hydrogens (tertiary/aromatic N) is 2. The molecule has 0 radical (unpaired) electrons. The first-order valence-electron chi connectivity index (χ1n) is 6.41. The zero-order chi connectivity index (χ0) is 13.8. The molecule has 1 saturated carbocycles. The van der Waals surface area contributed by atoms with E-state index in [0.717, 1.165) is 25.4 Å². The van der Waals surface area contributed by atoms with Crippen molar-refractivity contribution in [2.24, 2.45) is 0 Å². The standard InChI is InChI=1S/C13H14BrN3OS2/c14-9-2-1-3-11(8-9)18-6-7-19-13-17-16-12(20-13)15-10-4-5-10/h1-3,8,10H,4-7H2,(H,15,16). The molecule has 4 nitrogen and oxygen atoms in total. The minimum Gasteiger partial charge on any atom is -0.493 e. The van der Waals surface area contributed by atoms with Gasteiger partial charge in [0.25, 0.3) is 0 Å². The summed E-state index contributed by atoms with van der Waals surface area (Å²) in [4.78, 5) is 0. The molecule has 20 heavy (non-hydrogen) atoms. The Morgan fingerprint density at radius 2 is 2.30 bits per heavy atom. The summed E-state index contributed by atoms with van der Waals surface area (Å²) in [5.74, 6) is 1.75. The number of hydrogen-bond acceptors (Lipinski definition) is 6. The lowest BCUT2D eigenvalue weighted by Crippen LogP contribution is -1.99. The van der Waals surface area contributed by atoms with Crippen molar-refractivity contribution < 1.29 is 4.74 Å². The number of ether oxygens (including phenoxy) is 1. The lowest BCUT2D eigenvalue weighted by atomic mass is 10.3. The van der Waals surface area contributed by atoms with E-state index in [1.54, 1.807) is 23.1 Å².